The first kappa shape index (κ1) is 15.6. The van der Waals surface area contributed by atoms with Crippen LogP contribution in [0.25, 0.3) is 0 Å². The number of aryl methyl sites for hydroxylation is 1. The smallest absolute Gasteiger partial charge is 0.0411 e. The quantitative estimate of drug-likeness (QED) is 0.783. The highest BCUT2D eigenvalue weighted by Gasteiger charge is 2.14. The van der Waals surface area contributed by atoms with Crippen molar-refractivity contribution in [2.45, 2.75) is 45.9 Å². The van der Waals surface area contributed by atoms with Crippen molar-refractivity contribution in [3.05, 3.63) is 35.4 Å². The van der Waals surface area contributed by atoms with Crippen LogP contribution < -0.4 is 5.32 Å². The van der Waals surface area contributed by atoms with E-state index in [0.717, 1.165) is 23.5 Å². The molecule has 1 N–H and O–H groups in total. The molecule has 0 aromatic heterocycles. The van der Waals surface area contributed by atoms with Crippen LogP contribution in [0.3, 0.4) is 0 Å². The second-order valence-electron chi connectivity index (χ2n) is 5.31. The summed E-state index contributed by atoms with van der Waals surface area (Å²) in [5, 5.41) is 4.32. The van der Waals surface area contributed by atoms with Crippen LogP contribution in [-0.4, -0.2) is 17.5 Å². The Labute approximate surface area is 117 Å². The maximum Gasteiger partial charge on any atom is 0.0411 e. The Morgan fingerprint density at radius 3 is 2.50 bits per heavy atom. The van der Waals surface area contributed by atoms with Gasteiger partial charge in [-0.3, -0.25) is 0 Å². The lowest BCUT2D eigenvalue weighted by Crippen LogP contribution is -2.24. The summed E-state index contributed by atoms with van der Waals surface area (Å²) < 4.78 is 0. The molecular weight excluding hydrogens is 238 g/mol. The van der Waals surface area contributed by atoms with Crippen LogP contribution in [0.4, 0.5) is 0 Å². The zero-order valence-electron chi connectivity index (χ0n) is 12.4. The molecule has 0 bridgehead atoms. The van der Waals surface area contributed by atoms with Crippen molar-refractivity contribution >= 4 is 11.8 Å². The Kier molecular flexibility index (Phi) is 6.80. The summed E-state index contributed by atoms with van der Waals surface area (Å²) in [6.07, 6.45) is 0. The van der Waals surface area contributed by atoms with Crippen molar-refractivity contribution in [1.29, 1.82) is 0 Å². The van der Waals surface area contributed by atoms with Crippen LogP contribution in [0.1, 0.15) is 44.9 Å². The summed E-state index contributed by atoms with van der Waals surface area (Å²) >= 11 is 2.07. The first-order valence-electron chi connectivity index (χ1n) is 6.96. The lowest BCUT2D eigenvalue weighted by Gasteiger charge is -2.22. The van der Waals surface area contributed by atoms with E-state index in [1.54, 1.807) is 0 Å². The number of thioether (sulfide) groups is 1. The molecule has 0 amide bonds. The van der Waals surface area contributed by atoms with E-state index in [9.17, 15) is 0 Å². The summed E-state index contributed by atoms with van der Waals surface area (Å²) in [5.41, 5.74) is 2.76. The maximum absolute atomic E-state index is 3.60. The minimum Gasteiger partial charge on any atom is -0.310 e. The van der Waals surface area contributed by atoms with E-state index in [0.29, 0.717) is 6.04 Å². The maximum atomic E-state index is 3.60. The summed E-state index contributed by atoms with van der Waals surface area (Å²) in [4.78, 5) is 0. The Balaban J connectivity index is 2.65. The van der Waals surface area contributed by atoms with Crippen molar-refractivity contribution in [3.8, 4) is 0 Å². The molecule has 1 aromatic carbocycles. The third-order valence-electron chi connectivity index (χ3n) is 3.36. The molecule has 1 rings (SSSR count). The van der Waals surface area contributed by atoms with Gasteiger partial charge in [0.1, 0.15) is 0 Å². The highest BCUT2D eigenvalue weighted by molar-refractivity contribution is 7.99. The van der Waals surface area contributed by atoms with E-state index in [1.165, 1.54) is 11.1 Å². The third-order valence-corrected chi connectivity index (χ3v) is 4.96. The minimum atomic E-state index is 0.473. The predicted molar refractivity (Wildman–Crippen MR) is 84.4 cm³/mol. The standard InChI is InChI=1S/C16H27NS/c1-6-17-16(11-18-14(5)12(2)3)15-9-7-8-13(4)10-15/h7-10,12,14,16-17H,6,11H2,1-5H3. The molecule has 0 aliphatic heterocycles. The molecular formula is C16H27NS. The zero-order chi connectivity index (χ0) is 13.5. The molecule has 2 unspecified atom stereocenters. The van der Waals surface area contributed by atoms with E-state index in [2.05, 4.69) is 76.0 Å². The van der Waals surface area contributed by atoms with E-state index in [4.69, 9.17) is 0 Å². The molecule has 1 nitrogen and oxygen atoms in total. The van der Waals surface area contributed by atoms with Crippen molar-refractivity contribution in [2.75, 3.05) is 12.3 Å². The molecule has 1 aromatic rings. The van der Waals surface area contributed by atoms with E-state index < -0.39 is 0 Å². The van der Waals surface area contributed by atoms with Gasteiger partial charge in [0, 0.05) is 17.0 Å². The topological polar surface area (TPSA) is 12.0 Å². The number of hydrogen-bond donors (Lipinski definition) is 1. The monoisotopic (exact) mass is 265 g/mol. The molecule has 18 heavy (non-hydrogen) atoms. The Morgan fingerprint density at radius 2 is 1.94 bits per heavy atom. The number of benzene rings is 1. The fourth-order valence-electron chi connectivity index (χ4n) is 1.85. The Morgan fingerprint density at radius 1 is 1.22 bits per heavy atom. The van der Waals surface area contributed by atoms with Crippen molar-refractivity contribution in [2.24, 2.45) is 5.92 Å². The molecule has 0 aliphatic carbocycles. The molecule has 0 spiro atoms. The first-order valence-corrected chi connectivity index (χ1v) is 8.01. The average molecular weight is 265 g/mol. The first-order chi connectivity index (χ1) is 8.54. The van der Waals surface area contributed by atoms with E-state index in [-0.39, 0.29) is 0 Å². The second-order valence-corrected chi connectivity index (χ2v) is 6.72. The van der Waals surface area contributed by atoms with Crippen LogP contribution in [0.15, 0.2) is 24.3 Å². The van der Waals surface area contributed by atoms with E-state index >= 15 is 0 Å². The van der Waals surface area contributed by atoms with Crippen LogP contribution in [0, 0.1) is 12.8 Å². The molecule has 0 radical (unpaired) electrons. The summed E-state index contributed by atoms with van der Waals surface area (Å²) in [6, 6.07) is 9.33. The van der Waals surface area contributed by atoms with Gasteiger partial charge < -0.3 is 5.32 Å². The van der Waals surface area contributed by atoms with Gasteiger partial charge in [0.05, 0.1) is 0 Å². The highest BCUT2D eigenvalue weighted by atomic mass is 32.2. The second kappa shape index (κ2) is 7.85. The Bertz CT molecular complexity index is 349. The zero-order valence-corrected chi connectivity index (χ0v) is 13.2. The lowest BCUT2D eigenvalue weighted by atomic mass is 10.1. The van der Waals surface area contributed by atoms with Gasteiger partial charge in [-0.2, -0.15) is 11.8 Å². The minimum absolute atomic E-state index is 0.473. The lowest BCUT2D eigenvalue weighted by molar-refractivity contribution is 0.598. The molecule has 0 heterocycles. The number of hydrogen-bond acceptors (Lipinski definition) is 2. The van der Waals surface area contributed by atoms with E-state index in [1.807, 2.05) is 0 Å². The van der Waals surface area contributed by atoms with Crippen LogP contribution in [-0.2, 0) is 0 Å². The highest BCUT2D eigenvalue weighted by Crippen LogP contribution is 2.25. The Hall–Kier alpha value is -0.470. The van der Waals surface area contributed by atoms with Crippen LogP contribution in [0.5, 0.6) is 0 Å². The molecule has 2 heteroatoms. The summed E-state index contributed by atoms with van der Waals surface area (Å²) in [5.74, 6) is 1.89. The van der Waals surface area contributed by atoms with Crippen molar-refractivity contribution in [3.63, 3.8) is 0 Å². The average Bonchev–Trinajstić information content (AvgIpc) is 2.33. The van der Waals surface area contributed by atoms with Gasteiger partial charge in [-0.25, -0.2) is 0 Å². The van der Waals surface area contributed by atoms with Gasteiger partial charge in [0.25, 0.3) is 0 Å². The number of rotatable bonds is 7. The molecule has 0 aliphatic rings. The molecule has 0 saturated carbocycles. The molecule has 2 atom stereocenters. The van der Waals surface area contributed by atoms with Crippen LogP contribution >= 0.6 is 11.8 Å². The van der Waals surface area contributed by atoms with Gasteiger partial charge in [-0.05, 0) is 24.9 Å². The molecule has 0 saturated heterocycles. The van der Waals surface area contributed by atoms with Gasteiger partial charge in [0.2, 0.25) is 0 Å². The van der Waals surface area contributed by atoms with Gasteiger partial charge in [-0.15, -0.1) is 0 Å². The normalized spacial score (nSPS) is 14.8. The van der Waals surface area contributed by atoms with Crippen LogP contribution in [0.2, 0.25) is 0 Å². The predicted octanol–water partition coefficient (Wildman–Crippen LogP) is 4.42. The number of nitrogens with one attached hydrogen (secondary N) is 1. The fourth-order valence-corrected chi connectivity index (χ4v) is 3.04. The van der Waals surface area contributed by atoms with Gasteiger partial charge in [0.15, 0.2) is 0 Å². The van der Waals surface area contributed by atoms with Gasteiger partial charge in [-0.1, -0.05) is 57.5 Å². The van der Waals surface area contributed by atoms with Crippen molar-refractivity contribution < 1.29 is 0 Å². The summed E-state index contributed by atoms with van der Waals surface area (Å²) in [7, 11) is 0. The fraction of sp³-hybridized carbons (Fsp3) is 0.625. The van der Waals surface area contributed by atoms with Gasteiger partial charge >= 0.3 is 0 Å². The molecule has 0 fully saturated rings. The SMILES string of the molecule is CCNC(CSC(C)C(C)C)c1cccc(C)c1. The van der Waals surface area contributed by atoms with Crippen molar-refractivity contribution in [1.82, 2.24) is 5.32 Å². The largest absolute Gasteiger partial charge is 0.310 e. The third kappa shape index (κ3) is 5.03. The molecule has 102 valence electrons. The summed E-state index contributed by atoms with van der Waals surface area (Å²) in [6.45, 7) is 12.3.